The lowest BCUT2D eigenvalue weighted by Gasteiger charge is -1.93. The van der Waals surface area contributed by atoms with E-state index in [1.54, 1.807) is 0 Å². The van der Waals surface area contributed by atoms with Gasteiger partial charge in [0, 0.05) is 17.3 Å². The molecular weight excluding hydrogens is 194 g/mol. The Labute approximate surface area is 82.3 Å². The van der Waals surface area contributed by atoms with E-state index in [1.165, 1.54) is 0 Å². The SMILES string of the molecule is O=CO.[N-]=[N+]=NCCCCCCCl. The topological polar surface area (TPSA) is 86.1 Å². The van der Waals surface area contributed by atoms with Crippen LogP contribution < -0.4 is 0 Å². The second-order valence-corrected chi connectivity index (χ2v) is 2.54. The zero-order valence-electron chi connectivity index (χ0n) is 7.40. The van der Waals surface area contributed by atoms with Gasteiger partial charge in [-0.3, -0.25) is 4.79 Å². The fourth-order valence-electron chi connectivity index (χ4n) is 0.675. The Bertz CT molecular complexity index is 149. The number of hydrogen-bond acceptors (Lipinski definition) is 2. The summed E-state index contributed by atoms with van der Waals surface area (Å²) >= 11 is 5.46. The normalized spacial score (nSPS) is 7.77. The van der Waals surface area contributed by atoms with Gasteiger partial charge in [0.1, 0.15) is 0 Å². The molecule has 0 bridgehead atoms. The van der Waals surface area contributed by atoms with Gasteiger partial charge in [-0.25, -0.2) is 0 Å². The highest BCUT2D eigenvalue weighted by molar-refractivity contribution is 6.17. The highest BCUT2D eigenvalue weighted by atomic mass is 35.5. The second-order valence-electron chi connectivity index (χ2n) is 2.16. The number of rotatable bonds is 6. The van der Waals surface area contributed by atoms with Crippen LogP contribution in [0.3, 0.4) is 0 Å². The van der Waals surface area contributed by atoms with Crippen molar-refractivity contribution in [2.24, 2.45) is 5.11 Å². The maximum atomic E-state index is 8.36. The Kier molecular flexibility index (Phi) is 19.3. The molecule has 0 aromatic carbocycles. The summed E-state index contributed by atoms with van der Waals surface area (Å²) in [6.45, 7) is 0.374. The fraction of sp³-hybridized carbons (Fsp3) is 0.857. The summed E-state index contributed by atoms with van der Waals surface area (Å²) in [7, 11) is 0. The van der Waals surface area contributed by atoms with E-state index in [2.05, 4.69) is 10.0 Å². The molecule has 0 spiro atoms. The molecule has 0 saturated carbocycles. The molecular formula is C7H14ClN3O2. The molecule has 0 aromatic rings. The first-order chi connectivity index (χ1) is 6.33. The van der Waals surface area contributed by atoms with Crippen LogP contribution in [0, 0.1) is 0 Å². The van der Waals surface area contributed by atoms with Crippen molar-refractivity contribution in [2.75, 3.05) is 12.4 Å². The summed E-state index contributed by atoms with van der Waals surface area (Å²) in [5, 5.41) is 10.3. The van der Waals surface area contributed by atoms with Crippen molar-refractivity contribution >= 4 is 18.1 Å². The average Bonchev–Trinajstić information content (AvgIpc) is 2.13. The van der Waals surface area contributed by atoms with Gasteiger partial charge in [-0.05, 0) is 18.4 Å². The van der Waals surface area contributed by atoms with E-state index in [1.807, 2.05) is 0 Å². The van der Waals surface area contributed by atoms with Crippen molar-refractivity contribution in [3.63, 3.8) is 0 Å². The molecule has 0 atom stereocenters. The molecule has 0 aromatic heterocycles. The van der Waals surface area contributed by atoms with Crippen molar-refractivity contribution in [1.82, 2.24) is 0 Å². The van der Waals surface area contributed by atoms with Gasteiger partial charge < -0.3 is 5.11 Å². The fourth-order valence-corrected chi connectivity index (χ4v) is 0.864. The van der Waals surface area contributed by atoms with E-state index in [0.29, 0.717) is 6.54 Å². The third-order valence-corrected chi connectivity index (χ3v) is 1.47. The summed E-state index contributed by atoms with van der Waals surface area (Å²) < 4.78 is 0. The first-order valence-electron chi connectivity index (χ1n) is 3.98. The Morgan fingerprint density at radius 3 is 2.38 bits per heavy atom. The van der Waals surface area contributed by atoms with E-state index >= 15 is 0 Å². The number of azide groups is 1. The molecule has 0 radical (unpaired) electrons. The lowest BCUT2D eigenvalue weighted by Crippen LogP contribution is -1.81. The van der Waals surface area contributed by atoms with E-state index < -0.39 is 0 Å². The first-order valence-corrected chi connectivity index (χ1v) is 4.51. The van der Waals surface area contributed by atoms with Gasteiger partial charge in [0.15, 0.2) is 0 Å². The number of alkyl halides is 1. The molecule has 0 fully saturated rings. The second kappa shape index (κ2) is 17.2. The van der Waals surface area contributed by atoms with Gasteiger partial charge in [-0.1, -0.05) is 18.0 Å². The number of halogens is 1. The lowest BCUT2D eigenvalue weighted by molar-refractivity contribution is -0.122. The van der Waals surface area contributed by atoms with Gasteiger partial charge in [-0.15, -0.1) is 11.6 Å². The average molecular weight is 208 g/mol. The summed E-state index contributed by atoms with van der Waals surface area (Å²) in [6.07, 6.45) is 4.31. The maximum absolute atomic E-state index is 8.36. The number of unbranched alkanes of at least 4 members (excludes halogenated alkanes) is 3. The van der Waals surface area contributed by atoms with Gasteiger partial charge in [0.25, 0.3) is 6.47 Å². The predicted octanol–water partition coefficient (Wildman–Crippen LogP) is 2.80. The molecule has 6 heteroatoms. The predicted molar refractivity (Wildman–Crippen MR) is 51.9 cm³/mol. The zero-order chi connectivity index (χ0) is 10.4. The summed E-state index contributed by atoms with van der Waals surface area (Å²) in [5.41, 5.74) is 7.91. The highest BCUT2D eigenvalue weighted by Gasteiger charge is 1.86. The smallest absolute Gasteiger partial charge is 0.290 e. The molecule has 0 aliphatic heterocycles. The van der Waals surface area contributed by atoms with E-state index in [-0.39, 0.29) is 6.47 Å². The Morgan fingerprint density at radius 1 is 1.38 bits per heavy atom. The number of carbonyl (C=O) groups is 1. The van der Waals surface area contributed by atoms with Crippen LogP contribution in [0.1, 0.15) is 25.7 Å². The number of nitrogens with zero attached hydrogens (tertiary/aromatic N) is 3. The van der Waals surface area contributed by atoms with E-state index in [4.69, 9.17) is 27.0 Å². The largest absolute Gasteiger partial charge is 0.483 e. The summed E-state index contributed by atoms with van der Waals surface area (Å²) in [6, 6.07) is 0. The third kappa shape index (κ3) is 24.7. The van der Waals surface area contributed by atoms with Gasteiger partial charge >= 0.3 is 0 Å². The lowest BCUT2D eigenvalue weighted by atomic mass is 10.2. The van der Waals surface area contributed by atoms with Crippen LogP contribution in [0.5, 0.6) is 0 Å². The van der Waals surface area contributed by atoms with Crippen molar-refractivity contribution in [3.8, 4) is 0 Å². The van der Waals surface area contributed by atoms with Gasteiger partial charge in [0.2, 0.25) is 0 Å². The monoisotopic (exact) mass is 207 g/mol. The first kappa shape index (κ1) is 14.6. The van der Waals surface area contributed by atoms with E-state index in [9.17, 15) is 0 Å². The van der Waals surface area contributed by atoms with Crippen LogP contribution in [0.2, 0.25) is 0 Å². The van der Waals surface area contributed by atoms with E-state index in [0.717, 1.165) is 31.6 Å². The quantitative estimate of drug-likeness (QED) is 0.181. The molecule has 0 heterocycles. The van der Waals surface area contributed by atoms with Crippen LogP contribution in [0.4, 0.5) is 0 Å². The number of carboxylic acid groups (broad SMARTS) is 1. The van der Waals surface area contributed by atoms with Crippen molar-refractivity contribution in [1.29, 1.82) is 0 Å². The molecule has 0 aliphatic carbocycles. The molecule has 0 amide bonds. The standard InChI is InChI=1S/C6H12ClN3.CH2O2/c7-5-3-1-2-4-6-9-10-8;2-1-3/h1-6H2;1H,(H,2,3). The summed E-state index contributed by atoms with van der Waals surface area (Å²) in [5.74, 6) is 0.738. The Morgan fingerprint density at radius 2 is 1.92 bits per heavy atom. The van der Waals surface area contributed by atoms with Crippen LogP contribution in [-0.2, 0) is 4.79 Å². The number of hydrogen-bond donors (Lipinski definition) is 1. The van der Waals surface area contributed by atoms with Crippen LogP contribution in [-0.4, -0.2) is 24.0 Å². The zero-order valence-corrected chi connectivity index (χ0v) is 8.15. The minimum atomic E-state index is -0.250. The molecule has 76 valence electrons. The van der Waals surface area contributed by atoms with Crippen molar-refractivity contribution in [2.45, 2.75) is 25.7 Å². The molecule has 1 N–H and O–H groups in total. The molecule has 0 saturated heterocycles. The molecule has 0 aliphatic rings. The minimum Gasteiger partial charge on any atom is -0.483 e. The van der Waals surface area contributed by atoms with Gasteiger partial charge in [0.05, 0.1) is 0 Å². The third-order valence-electron chi connectivity index (χ3n) is 1.20. The summed E-state index contributed by atoms with van der Waals surface area (Å²) in [4.78, 5) is 11.0. The Hall–Kier alpha value is -0.930. The van der Waals surface area contributed by atoms with Crippen molar-refractivity contribution in [3.05, 3.63) is 10.4 Å². The molecule has 5 nitrogen and oxygen atoms in total. The highest BCUT2D eigenvalue weighted by Crippen LogP contribution is 2.00. The van der Waals surface area contributed by atoms with Gasteiger partial charge in [-0.2, -0.15) is 0 Å². The minimum absolute atomic E-state index is 0.250. The molecule has 0 unspecified atom stereocenters. The molecule has 13 heavy (non-hydrogen) atoms. The van der Waals surface area contributed by atoms with Crippen LogP contribution in [0.25, 0.3) is 10.4 Å². The van der Waals surface area contributed by atoms with Crippen molar-refractivity contribution < 1.29 is 9.90 Å². The van der Waals surface area contributed by atoms with Crippen LogP contribution in [0.15, 0.2) is 5.11 Å². The Balaban J connectivity index is 0. The molecule has 0 rings (SSSR count). The maximum Gasteiger partial charge on any atom is 0.290 e. The van der Waals surface area contributed by atoms with Crippen LogP contribution >= 0.6 is 11.6 Å².